The van der Waals surface area contributed by atoms with Crippen LogP contribution in [-0.2, 0) is 4.79 Å². The first-order valence-corrected chi connectivity index (χ1v) is 10.7. The summed E-state index contributed by atoms with van der Waals surface area (Å²) in [4.78, 5) is 16.8. The standard InChI is InChI=1S/C21H20ClN5O2S/c1-3-4-7-18-25-27-19(23)15(20(28)24-21(27)30-18)11-13-6-5-10-26(13)14-8-9-17(29-2)16(22)12-14/h5-6,8-12,23H,3-4,7H2,1-2H3/b15-11+,23-19?. The summed E-state index contributed by atoms with van der Waals surface area (Å²) in [6.45, 7) is 2.11. The Bertz CT molecular complexity index is 1120. The molecule has 0 atom stereocenters. The average Bonchev–Trinajstić information content (AvgIpc) is 3.36. The molecule has 154 valence electrons. The van der Waals surface area contributed by atoms with Crippen LogP contribution in [0.2, 0.25) is 5.02 Å². The number of thioether (sulfide) groups is 1. The third-order valence-electron chi connectivity index (χ3n) is 4.73. The van der Waals surface area contributed by atoms with Crippen LogP contribution in [0.25, 0.3) is 11.8 Å². The molecule has 0 fully saturated rings. The van der Waals surface area contributed by atoms with Crippen molar-refractivity contribution in [2.45, 2.75) is 26.2 Å². The molecule has 30 heavy (non-hydrogen) atoms. The van der Waals surface area contributed by atoms with E-state index in [-0.39, 0.29) is 11.4 Å². The molecule has 0 bridgehead atoms. The predicted molar refractivity (Wildman–Crippen MR) is 122 cm³/mol. The second kappa shape index (κ2) is 8.49. The zero-order chi connectivity index (χ0) is 21.3. The number of carbonyl (C=O) groups excluding carboxylic acids is 1. The van der Waals surface area contributed by atoms with Gasteiger partial charge in [-0.15, -0.1) is 0 Å². The number of unbranched alkanes of at least 4 members (excludes halogenated alkanes) is 1. The number of nitrogens with zero attached hydrogens (tertiary/aromatic N) is 4. The molecule has 2 aliphatic rings. The highest BCUT2D eigenvalue weighted by molar-refractivity contribution is 8.26. The van der Waals surface area contributed by atoms with Crippen molar-refractivity contribution in [3.63, 3.8) is 0 Å². The van der Waals surface area contributed by atoms with Gasteiger partial charge in [0.05, 0.1) is 17.7 Å². The third-order valence-corrected chi connectivity index (χ3v) is 5.99. The van der Waals surface area contributed by atoms with Gasteiger partial charge in [0.2, 0.25) is 5.17 Å². The average molecular weight is 442 g/mol. The Hall–Kier alpha value is -2.84. The summed E-state index contributed by atoms with van der Waals surface area (Å²) >= 11 is 7.63. The van der Waals surface area contributed by atoms with E-state index in [0.29, 0.717) is 15.9 Å². The molecule has 0 saturated carbocycles. The van der Waals surface area contributed by atoms with Crippen LogP contribution in [0, 0.1) is 5.41 Å². The number of nitrogens with one attached hydrogen (secondary N) is 1. The van der Waals surface area contributed by atoms with Crippen LogP contribution in [0.4, 0.5) is 0 Å². The van der Waals surface area contributed by atoms with Gasteiger partial charge in [-0.1, -0.05) is 24.9 Å². The molecule has 0 radical (unpaired) electrons. The molecule has 0 unspecified atom stereocenters. The molecule has 4 rings (SSSR count). The Morgan fingerprint density at radius 3 is 2.90 bits per heavy atom. The van der Waals surface area contributed by atoms with Gasteiger partial charge in [-0.05, 0) is 61.0 Å². The molecule has 7 nitrogen and oxygen atoms in total. The Morgan fingerprint density at radius 1 is 1.33 bits per heavy atom. The number of aromatic nitrogens is 1. The summed E-state index contributed by atoms with van der Waals surface area (Å²) in [5.41, 5.74) is 1.73. The minimum absolute atomic E-state index is 0.0320. The predicted octanol–water partition coefficient (Wildman–Crippen LogP) is 4.95. The molecule has 0 saturated heterocycles. The summed E-state index contributed by atoms with van der Waals surface area (Å²) in [6, 6.07) is 9.17. The summed E-state index contributed by atoms with van der Waals surface area (Å²) in [5, 5.41) is 16.3. The molecule has 1 N–H and O–H groups in total. The van der Waals surface area contributed by atoms with Crippen LogP contribution in [-0.4, -0.2) is 38.6 Å². The number of halogens is 1. The van der Waals surface area contributed by atoms with E-state index in [1.807, 2.05) is 29.0 Å². The molecule has 9 heteroatoms. The smallest absolute Gasteiger partial charge is 0.283 e. The topological polar surface area (TPSA) is 83.0 Å². The van der Waals surface area contributed by atoms with Gasteiger partial charge in [-0.2, -0.15) is 15.1 Å². The normalized spacial score (nSPS) is 17.3. The van der Waals surface area contributed by atoms with Gasteiger partial charge in [0, 0.05) is 17.6 Å². The lowest BCUT2D eigenvalue weighted by atomic mass is 10.1. The van der Waals surface area contributed by atoms with Crippen LogP contribution < -0.4 is 4.74 Å². The molecule has 2 aliphatic heterocycles. The quantitative estimate of drug-likeness (QED) is 0.643. The Balaban J connectivity index is 1.66. The van der Waals surface area contributed by atoms with Crippen molar-refractivity contribution < 1.29 is 9.53 Å². The number of hydrogen-bond donors (Lipinski definition) is 1. The first-order valence-electron chi connectivity index (χ1n) is 9.52. The fraction of sp³-hybridized carbons (Fsp3) is 0.238. The second-order valence-corrected chi connectivity index (χ2v) is 8.19. The van der Waals surface area contributed by atoms with Crippen molar-refractivity contribution in [1.82, 2.24) is 9.58 Å². The summed E-state index contributed by atoms with van der Waals surface area (Å²) in [6.07, 6.45) is 6.41. The van der Waals surface area contributed by atoms with Crippen LogP contribution in [0.5, 0.6) is 5.75 Å². The highest BCUT2D eigenvalue weighted by Crippen LogP contribution is 2.31. The fourth-order valence-corrected chi connectivity index (χ4v) is 4.34. The summed E-state index contributed by atoms with van der Waals surface area (Å²) in [5.74, 6) is 0.178. The molecule has 1 aromatic heterocycles. The lowest BCUT2D eigenvalue weighted by Gasteiger charge is -2.20. The zero-order valence-corrected chi connectivity index (χ0v) is 18.1. The largest absolute Gasteiger partial charge is 0.495 e. The number of methoxy groups -OCH3 is 1. The SMILES string of the molecule is CCCCC1=NN2C(=N)/C(=C\c3cccn3-c3ccc(OC)c(Cl)c3)C(=O)N=C2S1. The monoisotopic (exact) mass is 441 g/mol. The van der Waals surface area contributed by atoms with Crippen molar-refractivity contribution >= 4 is 51.4 Å². The maximum atomic E-state index is 12.6. The van der Waals surface area contributed by atoms with E-state index in [9.17, 15) is 4.79 Å². The molecule has 1 amide bonds. The minimum Gasteiger partial charge on any atom is -0.495 e. The van der Waals surface area contributed by atoms with Gasteiger partial charge >= 0.3 is 0 Å². The van der Waals surface area contributed by atoms with E-state index in [2.05, 4.69) is 17.0 Å². The van der Waals surface area contributed by atoms with Gasteiger partial charge in [0.15, 0.2) is 5.84 Å². The third kappa shape index (κ3) is 3.80. The minimum atomic E-state index is -0.439. The molecule has 0 spiro atoms. The van der Waals surface area contributed by atoms with Crippen LogP contribution >= 0.6 is 23.4 Å². The van der Waals surface area contributed by atoms with Crippen LogP contribution in [0.15, 0.2) is 52.2 Å². The fourth-order valence-electron chi connectivity index (χ4n) is 3.16. The zero-order valence-electron chi connectivity index (χ0n) is 16.6. The van der Waals surface area contributed by atoms with Crippen molar-refractivity contribution in [3.05, 3.63) is 52.8 Å². The van der Waals surface area contributed by atoms with Gasteiger partial charge < -0.3 is 9.30 Å². The first kappa shape index (κ1) is 20.4. The van der Waals surface area contributed by atoms with Gasteiger partial charge in [0.1, 0.15) is 10.8 Å². The molecular formula is C21H20ClN5O2S. The summed E-state index contributed by atoms with van der Waals surface area (Å²) in [7, 11) is 1.56. The van der Waals surface area contributed by atoms with E-state index < -0.39 is 5.91 Å². The van der Waals surface area contributed by atoms with E-state index in [0.717, 1.165) is 35.7 Å². The maximum absolute atomic E-state index is 12.6. The molecular weight excluding hydrogens is 422 g/mol. The van der Waals surface area contributed by atoms with Gasteiger partial charge in [0.25, 0.3) is 5.91 Å². The number of benzene rings is 1. The van der Waals surface area contributed by atoms with E-state index >= 15 is 0 Å². The van der Waals surface area contributed by atoms with E-state index in [1.165, 1.54) is 16.8 Å². The van der Waals surface area contributed by atoms with Crippen LogP contribution in [0.3, 0.4) is 0 Å². The number of rotatable bonds is 6. The van der Waals surface area contributed by atoms with Crippen molar-refractivity contribution in [3.8, 4) is 11.4 Å². The van der Waals surface area contributed by atoms with Crippen LogP contribution in [0.1, 0.15) is 31.9 Å². The highest BCUT2D eigenvalue weighted by Gasteiger charge is 2.35. The Morgan fingerprint density at radius 2 is 2.17 bits per heavy atom. The summed E-state index contributed by atoms with van der Waals surface area (Å²) < 4.78 is 7.09. The molecule has 3 heterocycles. The maximum Gasteiger partial charge on any atom is 0.283 e. The number of fused-ring (bicyclic) bond motifs is 1. The number of aliphatic imine (C=N–C) groups is 1. The molecule has 0 aliphatic carbocycles. The second-order valence-electron chi connectivity index (χ2n) is 6.74. The number of hydrogen-bond acceptors (Lipinski definition) is 5. The Kier molecular flexibility index (Phi) is 5.78. The number of amides is 1. The van der Waals surface area contributed by atoms with E-state index in [1.54, 1.807) is 25.3 Å². The number of amidine groups is 2. The number of carbonyl (C=O) groups is 1. The lowest BCUT2D eigenvalue weighted by Crippen LogP contribution is -2.35. The lowest BCUT2D eigenvalue weighted by molar-refractivity contribution is -0.114. The molecule has 2 aromatic rings. The van der Waals surface area contributed by atoms with Gasteiger partial charge in [-0.25, -0.2) is 0 Å². The number of ether oxygens (including phenoxy) is 1. The first-order chi connectivity index (χ1) is 14.5. The highest BCUT2D eigenvalue weighted by atomic mass is 35.5. The van der Waals surface area contributed by atoms with Crippen molar-refractivity contribution in [1.29, 1.82) is 5.41 Å². The van der Waals surface area contributed by atoms with Crippen molar-refractivity contribution in [2.24, 2.45) is 10.1 Å². The Labute approximate surface area is 183 Å². The van der Waals surface area contributed by atoms with E-state index in [4.69, 9.17) is 21.7 Å². The number of hydrazone groups is 1. The van der Waals surface area contributed by atoms with Gasteiger partial charge in [-0.3, -0.25) is 10.2 Å². The molecule has 1 aromatic carbocycles. The van der Waals surface area contributed by atoms with Crippen molar-refractivity contribution in [2.75, 3.05) is 7.11 Å².